The molecule has 0 fully saturated rings. The summed E-state index contributed by atoms with van der Waals surface area (Å²) in [6.45, 7) is 9.31. The molecular formula is C18H26O. The Labute approximate surface area is 118 Å². The van der Waals surface area contributed by atoms with Gasteiger partial charge < -0.3 is 4.74 Å². The van der Waals surface area contributed by atoms with Gasteiger partial charge in [-0.05, 0) is 58.2 Å². The van der Waals surface area contributed by atoms with Crippen molar-refractivity contribution in [2.75, 3.05) is 6.61 Å². The van der Waals surface area contributed by atoms with Gasteiger partial charge in [-0.3, -0.25) is 0 Å². The van der Waals surface area contributed by atoms with Crippen LogP contribution >= 0.6 is 0 Å². The van der Waals surface area contributed by atoms with Crippen LogP contribution in [0.4, 0.5) is 0 Å². The van der Waals surface area contributed by atoms with Gasteiger partial charge in [0.15, 0.2) is 0 Å². The highest BCUT2D eigenvalue weighted by Gasteiger charge is 1.93. The molecule has 0 unspecified atom stereocenters. The Morgan fingerprint density at radius 3 is 2.37 bits per heavy atom. The van der Waals surface area contributed by atoms with Gasteiger partial charge in [0.05, 0.1) is 0 Å². The summed E-state index contributed by atoms with van der Waals surface area (Å²) in [6, 6.07) is 8.19. The van der Waals surface area contributed by atoms with Crippen molar-refractivity contribution in [2.45, 2.75) is 47.0 Å². The molecule has 0 spiro atoms. The van der Waals surface area contributed by atoms with Gasteiger partial charge >= 0.3 is 0 Å². The van der Waals surface area contributed by atoms with Crippen molar-refractivity contribution < 1.29 is 4.74 Å². The molecule has 0 heterocycles. The number of hydrogen-bond donors (Lipinski definition) is 0. The van der Waals surface area contributed by atoms with Gasteiger partial charge in [-0.2, -0.15) is 0 Å². The highest BCUT2D eigenvalue weighted by atomic mass is 16.5. The van der Waals surface area contributed by atoms with Crippen molar-refractivity contribution >= 4 is 0 Å². The second-order valence-electron chi connectivity index (χ2n) is 5.12. The third-order valence-corrected chi connectivity index (χ3v) is 3.29. The smallest absolute Gasteiger partial charge is 0.119 e. The molecule has 1 rings (SSSR count). The van der Waals surface area contributed by atoms with Gasteiger partial charge in [-0.15, -0.1) is 0 Å². The van der Waals surface area contributed by atoms with E-state index in [-0.39, 0.29) is 0 Å². The predicted molar refractivity (Wildman–Crippen MR) is 83.7 cm³/mol. The molecule has 0 aliphatic heterocycles. The van der Waals surface area contributed by atoms with Crippen LogP contribution in [0.5, 0.6) is 5.75 Å². The van der Waals surface area contributed by atoms with Crippen LogP contribution in [0.25, 0.3) is 0 Å². The van der Waals surface area contributed by atoms with E-state index >= 15 is 0 Å². The van der Waals surface area contributed by atoms with Gasteiger partial charge in [0.2, 0.25) is 0 Å². The topological polar surface area (TPSA) is 9.23 Å². The van der Waals surface area contributed by atoms with Crippen molar-refractivity contribution in [2.24, 2.45) is 0 Å². The first kappa shape index (κ1) is 15.6. The van der Waals surface area contributed by atoms with E-state index in [9.17, 15) is 0 Å². The summed E-state index contributed by atoms with van der Waals surface area (Å²) in [7, 11) is 0. The third-order valence-electron chi connectivity index (χ3n) is 3.29. The molecule has 0 aromatic heterocycles. The SMILES string of the molecule is CC/C(C)=C/CC/C(C)=C\COc1ccc(C)cc1. The molecule has 1 nitrogen and oxygen atoms in total. The van der Waals surface area contributed by atoms with E-state index in [1.54, 1.807) is 0 Å². The van der Waals surface area contributed by atoms with Crippen LogP contribution in [-0.2, 0) is 0 Å². The minimum Gasteiger partial charge on any atom is -0.490 e. The molecule has 0 bridgehead atoms. The number of hydrogen-bond acceptors (Lipinski definition) is 1. The van der Waals surface area contributed by atoms with Crippen molar-refractivity contribution in [3.8, 4) is 5.75 Å². The van der Waals surface area contributed by atoms with E-state index < -0.39 is 0 Å². The molecule has 0 saturated carbocycles. The van der Waals surface area contributed by atoms with Crippen LogP contribution in [0, 0.1) is 6.92 Å². The van der Waals surface area contributed by atoms with Crippen molar-refractivity contribution in [1.82, 2.24) is 0 Å². The van der Waals surface area contributed by atoms with Crippen LogP contribution in [-0.4, -0.2) is 6.61 Å². The fourth-order valence-corrected chi connectivity index (χ4v) is 1.71. The maximum Gasteiger partial charge on any atom is 0.119 e. The molecule has 0 saturated heterocycles. The van der Waals surface area contributed by atoms with Gasteiger partial charge in [0.25, 0.3) is 0 Å². The maximum atomic E-state index is 5.69. The quantitative estimate of drug-likeness (QED) is 0.590. The molecule has 19 heavy (non-hydrogen) atoms. The lowest BCUT2D eigenvalue weighted by atomic mass is 10.1. The summed E-state index contributed by atoms with van der Waals surface area (Å²) in [6.07, 6.45) is 7.91. The Morgan fingerprint density at radius 2 is 1.74 bits per heavy atom. The molecule has 0 aliphatic carbocycles. The molecule has 0 amide bonds. The molecular weight excluding hydrogens is 232 g/mol. The fraction of sp³-hybridized carbons (Fsp3) is 0.444. The summed E-state index contributed by atoms with van der Waals surface area (Å²) in [4.78, 5) is 0. The Kier molecular flexibility index (Phi) is 7.02. The van der Waals surface area contributed by atoms with Gasteiger partial charge in [0.1, 0.15) is 12.4 Å². The van der Waals surface area contributed by atoms with E-state index in [2.05, 4.69) is 52.0 Å². The lowest BCUT2D eigenvalue weighted by molar-refractivity contribution is 0.361. The molecule has 0 aliphatic rings. The zero-order chi connectivity index (χ0) is 14.1. The Morgan fingerprint density at radius 1 is 1.05 bits per heavy atom. The molecule has 1 heteroatoms. The van der Waals surface area contributed by atoms with Crippen LogP contribution < -0.4 is 4.74 Å². The van der Waals surface area contributed by atoms with Gasteiger partial charge in [-0.1, -0.05) is 41.8 Å². The highest BCUT2D eigenvalue weighted by Crippen LogP contribution is 2.12. The second-order valence-corrected chi connectivity index (χ2v) is 5.12. The number of benzene rings is 1. The predicted octanol–water partition coefficient (Wildman–Crippen LogP) is 5.46. The summed E-state index contributed by atoms with van der Waals surface area (Å²) >= 11 is 0. The summed E-state index contributed by atoms with van der Waals surface area (Å²) in [5.41, 5.74) is 4.13. The number of aryl methyl sites for hydroxylation is 1. The maximum absolute atomic E-state index is 5.69. The summed E-state index contributed by atoms with van der Waals surface area (Å²) in [5, 5.41) is 0. The standard InChI is InChI=1S/C18H26O/c1-5-15(2)7-6-8-16(3)13-14-19-18-11-9-17(4)10-12-18/h7,9-13H,5-6,8,14H2,1-4H3/b15-7+,16-13-. The Balaban J connectivity index is 2.30. The Hall–Kier alpha value is -1.50. The Bertz CT molecular complexity index is 424. The van der Waals surface area contributed by atoms with Crippen molar-refractivity contribution in [1.29, 1.82) is 0 Å². The van der Waals surface area contributed by atoms with Gasteiger partial charge in [-0.25, -0.2) is 0 Å². The van der Waals surface area contributed by atoms with Crippen LogP contribution in [0.3, 0.4) is 0 Å². The van der Waals surface area contributed by atoms with E-state index in [4.69, 9.17) is 4.74 Å². The van der Waals surface area contributed by atoms with Crippen LogP contribution in [0.1, 0.15) is 45.6 Å². The lowest BCUT2D eigenvalue weighted by Gasteiger charge is -2.05. The highest BCUT2D eigenvalue weighted by molar-refractivity contribution is 5.26. The van der Waals surface area contributed by atoms with Crippen molar-refractivity contribution in [3.05, 3.63) is 53.1 Å². The van der Waals surface area contributed by atoms with Crippen LogP contribution in [0.15, 0.2) is 47.6 Å². The van der Waals surface area contributed by atoms with Crippen molar-refractivity contribution in [3.63, 3.8) is 0 Å². The average molecular weight is 258 g/mol. The average Bonchev–Trinajstić information content (AvgIpc) is 2.41. The van der Waals surface area contributed by atoms with E-state index in [0.29, 0.717) is 6.61 Å². The molecule has 0 N–H and O–H groups in total. The zero-order valence-electron chi connectivity index (χ0n) is 12.7. The van der Waals surface area contributed by atoms with E-state index in [0.717, 1.165) is 25.0 Å². The van der Waals surface area contributed by atoms with Crippen LogP contribution in [0.2, 0.25) is 0 Å². The molecule has 104 valence electrons. The zero-order valence-corrected chi connectivity index (χ0v) is 12.7. The monoisotopic (exact) mass is 258 g/mol. The number of allylic oxidation sites excluding steroid dienone is 3. The molecule has 1 aromatic rings. The molecule has 0 atom stereocenters. The minimum atomic E-state index is 0.658. The third kappa shape index (κ3) is 6.85. The fourth-order valence-electron chi connectivity index (χ4n) is 1.71. The molecule has 1 aromatic carbocycles. The number of rotatable bonds is 7. The summed E-state index contributed by atoms with van der Waals surface area (Å²) in [5.74, 6) is 0.941. The number of ether oxygens (including phenoxy) is 1. The van der Waals surface area contributed by atoms with E-state index in [1.807, 2.05) is 12.1 Å². The first-order chi connectivity index (χ1) is 9.11. The largest absolute Gasteiger partial charge is 0.490 e. The minimum absolute atomic E-state index is 0.658. The first-order valence-corrected chi connectivity index (χ1v) is 7.12. The second kappa shape index (κ2) is 8.58. The first-order valence-electron chi connectivity index (χ1n) is 7.12. The van der Waals surface area contributed by atoms with E-state index in [1.165, 1.54) is 16.7 Å². The summed E-state index contributed by atoms with van der Waals surface area (Å²) < 4.78 is 5.69. The lowest BCUT2D eigenvalue weighted by Crippen LogP contribution is -1.94. The van der Waals surface area contributed by atoms with Gasteiger partial charge in [0, 0.05) is 0 Å². The molecule has 0 radical (unpaired) electrons. The normalized spacial score (nSPS) is 12.6.